The van der Waals surface area contributed by atoms with Gasteiger partial charge in [-0.25, -0.2) is 4.79 Å². The summed E-state index contributed by atoms with van der Waals surface area (Å²) < 4.78 is 4.60. The number of nitrogens with one attached hydrogen (secondary N) is 1. The van der Waals surface area contributed by atoms with E-state index in [1.165, 1.54) is 7.11 Å². The zero-order valence-electron chi connectivity index (χ0n) is 16.8. The Morgan fingerprint density at radius 3 is 1.93 bits per heavy atom. The molecule has 0 heterocycles. The topological polar surface area (TPSA) is 61.9 Å². The number of benzene rings is 2. The van der Waals surface area contributed by atoms with Crippen molar-refractivity contribution < 1.29 is 14.3 Å². The quantitative estimate of drug-likeness (QED) is 0.723. The lowest BCUT2D eigenvalue weighted by Gasteiger charge is -2.33. The fourth-order valence-corrected chi connectivity index (χ4v) is 3.10. The van der Waals surface area contributed by atoms with E-state index in [-0.39, 0.29) is 18.5 Å². The van der Waals surface area contributed by atoms with Crippen LogP contribution in [0.15, 0.2) is 60.7 Å². The van der Waals surface area contributed by atoms with E-state index in [1.807, 2.05) is 79.7 Å². The number of ether oxygens (including phenoxy) is 1. The zero-order chi connectivity index (χ0) is 20.4. The SMILES string of the molecule is COC(=O)NCC(=O)N(CCCN(C)C)C(c1ccccc1)c1ccccc1. The van der Waals surface area contributed by atoms with Crippen LogP contribution in [0.4, 0.5) is 4.79 Å². The van der Waals surface area contributed by atoms with E-state index in [2.05, 4.69) is 15.0 Å². The van der Waals surface area contributed by atoms with Crippen LogP contribution in [-0.4, -0.2) is 62.6 Å². The lowest BCUT2D eigenvalue weighted by atomic mass is 9.96. The van der Waals surface area contributed by atoms with Crippen molar-refractivity contribution in [3.8, 4) is 0 Å². The lowest BCUT2D eigenvalue weighted by Crippen LogP contribution is -2.43. The number of carbonyl (C=O) groups is 2. The van der Waals surface area contributed by atoms with Gasteiger partial charge in [0.25, 0.3) is 0 Å². The van der Waals surface area contributed by atoms with E-state index < -0.39 is 6.09 Å². The number of hydrogen-bond acceptors (Lipinski definition) is 4. The molecule has 0 radical (unpaired) electrons. The van der Waals surface area contributed by atoms with Crippen molar-refractivity contribution in [1.82, 2.24) is 15.1 Å². The smallest absolute Gasteiger partial charge is 0.407 e. The number of carbonyl (C=O) groups excluding carboxylic acids is 2. The molecule has 0 atom stereocenters. The first kappa shape index (κ1) is 21.4. The van der Waals surface area contributed by atoms with Gasteiger partial charge >= 0.3 is 6.09 Å². The van der Waals surface area contributed by atoms with E-state index >= 15 is 0 Å². The van der Waals surface area contributed by atoms with Crippen LogP contribution >= 0.6 is 0 Å². The number of rotatable bonds is 9. The second kappa shape index (κ2) is 11.1. The molecule has 2 aromatic carbocycles. The van der Waals surface area contributed by atoms with Crippen molar-refractivity contribution in [1.29, 1.82) is 0 Å². The summed E-state index contributed by atoms with van der Waals surface area (Å²) in [7, 11) is 5.30. The average Bonchev–Trinajstić information content (AvgIpc) is 2.72. The van der Waals surface area contributed by atoms with Crippen molar-refractivity contribution in [2.24, 2.45) is 0 Å². The van der Waals surface area contributed by atoms with Crippen molar-refractivity contribution in [2.75, 3.05) is 40.8 Å². The van der Waals surface area contributed by atoms with Gasteiger partial charge in [-0.1, -0.05) is 60.7 Å². The first-order valence-corrected chi connectivity index (χ1v) is 9.39. The Morgan fingerprint density at radius 2 is 1.46 bits per heavy atom. The second-order valence-corrected chi connectivity index (χ2v) is 6.81. The molecule has 150 valence electrons. The second-order valence-electron chi connectivity index (χ2n) is 6.81. The Balaban J connectivity index is 2.33. The van der Waals surface area contributed by atoms with E-state index in [9.17, 15) is 9.59 Å². The van der Waals surface area contributed by atoms with Crippen LogP contribution < -0.4 is 5.32 Å². The summed E-state index contributed by atoms with van der Waals surface area (Å²) >= 11 is 0. The monoisotopic (exact) mass is 383 g/mol. The molecular weight excluding hydrogens is 354 g/mol. The fourth-order valence-electron chi connectivity index (χ4n) is 3.10. The average molecular weight is 383 g/mol. The maximum absolute atomic E-state index is 13.1. The van der Waals surface area contributed by atoms with Gasteiger partial charge in [0.2, 0.25) is 5.91 Å². The molecule has 0 saturated heterocycles. The van der Waals surface area contributed by atoms with Gasteiger partial charge in [0.05, 0.1) is 13.2 Å². The molecule has 2 aromatic rings. The Labute approximate surface area is 167 Å². The molecule has 0 aliphatic carbocycles. The number of amides is 2. The zero-order valence-corrected chi connectivity index (χ0v) is 16.8. The van der Waals surface area contributed by atoms with Crippen molar-refractivity contribution in [3.05, 3.63) is 71.8 Å². The molecule has 0 aliphatic heterocycles. The summed E-state index contributed by atoms with van der Waals surface area (Å²) in [5.41, 5.74) is 2.06. The molecule has 28 heavy (non-hydrogen) atoms. The predicted molar refractivity (Wildman–Crippen MR) is 110 cm³/mol. The summed E-state index contributed by atoms with van der Waals surface area (Å²) in [6, 6.07) is 19.7. The molecule has 6 nitrogen and oxygen atoms in total. The molecule has 1 N–H and O–H groups in total. The fraction of sp³-hybridized carbons (Fsp3) is 0.364. The van der Waals surface area contributed by atoms with E-state index in [0.29, 0.717) is 6.54 Å². The molecule has 0 fully saturated rings. The minimum atomic E-state index is -0.613. The third-order valence-electron chi connectivity index (χ3n) is 4.44. The highest BCUT2D eigenvalue weighted by Gasteiger charge is 2.26. The molecule has 0 unspecified atom stereocenters. The van der Waals surface area contributed by atoms with Gasteiger partial charge in [-0.15, -0.1) is 0 Å². The Bertz CT molecular complexity index is 696. The van der Waals surface area contributed by atoms with Gasteiger partial charge in [0.15, 0.2) is 0 Å². The Hall–Kier alpha value is -2.86. The van der Waals surface area contributed by atoms with Gasteiger partial charge in [-0.2, -0.15) is 0 Å². The summed E-state index contributed by atoms with van der Waals surface area (Å²) in [5, 5.41) is 2.51. The van der Waals surface area contributed by atoms with Gasteiger partial charge in [-0.05, 0) is 38.2 Å². The van der Waals surface area contributed by atoms with Crippen LogP contribution in [-0.2, 0) is 9.53 Å². The molecule has 6 heteroatoms. The first-order valence-electron chi connectivity index (χ1n) is 9.39. The van der Waals surface area contributed by atoms with E-state index in [4.69, 9.17) is 0 Å². The van der Waals surface area contributed by atoms with Gasteiger partial charge in [0.1, 0.15) is 6.54 Å². The van der Waals surface area contributed by atoms with Crippen LogP contribution in [0.5, 0.6) is 0 Å². The summed E-state index contributed by atoms with van der Waals surface area (Å²) in [6.45, 7) is 1.34. The summed E-state index contributed by atoms with van der Waals surface area (Å²) in [6.07, 6.45) is 0.213. The third kappa shape index (κ3) is 6.39. The van der Waals surface area contributed by atoms with Crippen molar-refractivity contribution in [2.45, 2.75) is 12.5 Å². The normalized spacial score (nSPS) is 10.8. The number of methoxy groups -OCH3 is 1. The minimum absolute atomic E-state index is 0.106. The first-order chi connectivity index (χ1) is 13.5. The lowest BCUT2D eigenvalue weighted by molar-refractivity contribution is -0.132. The molecule has 0 aliphatic rings. The molecule has 2 amide bonds. The Kier molecular flexibility index (Phi) is 8.49. The van der Waals surface area contributed by atoms with Gasteiger partial charge < -0.3 is 19.9 Å². The molecular formula is C22H29N3O3. The summed E-state index contributed by atoms with van der Waals surface area (Å²) in [5.74, 6) is -0.151. The minimum Gasteiger partial charge on any atom is -0.453 e. The maximum atomic E-state index is 13.1. The van der Waals surface area contributed by atoms with Crippen LogP contribution in [0.2, 0.25) is 0 Å². The van der Waals surface area contributed by atoms with Crippen LogP contribution in [0, 0.1) is 0 Å². The summed E-state index contributed by atoms with van der Waals surface area (Å²) in [4.78, 5) is 28.4. The number of alkyl carbamates (subject to hydrolysis) is 1. The molecule has 0 saturated carbocycles. The van der Waals surface area contributed by atoms with Gasteiger partial charge in [0, 0.05) is 6.54 Å². The highest BCUT2D eigenvalue weighted by molar-refractivity contribution is 5.83. The highest BCUT2D eigenvalue weighted by Crippen LogP contribution is 2.29. The maximum Gasteiger partial charge on any atom is 0.407 e. The van der Waals surface area contributed by atoms with Gasteiger partial charge in [-0.3, -0.25) is 4.79 Å². The van der Waals surface area contributed by atoms with Crippen molar-refractivity contribution >= 4 is 12.0 Å². The molecule has 0 bridgehead atoms. The third-order valence-corrected chi connectivity index (χ3v) is 4.44. The predicted octanol–water partition coefficient (Wildman–Crippen LogP) is 2.91. The van der Waals surface area contributed by atoms with Crippen molar-refractivity contribution in [3.63, 3.8) is 0 Å². The van der Waals surface area contributed by atoms with E-state index in [0.717, 1.165) is 24.1 Å². The molecule has 0 aromatic heterocycles. The van der Waals surface area contributed by atoms with E-state index in [1.54, 1.807) is 0 Å². The Morgan fingerprint density at radius 1 is 0.929 bits per heavy atom. The van der Waals surface area contributed by atoms with Crippen LogP contribution in [0.1, 0.15) is 23.6 Å². The highest BCUT2D eigenvalue weighted by atomic mass is 16.5. The number of hydrogen-bond donors (Lipinski definition) is 1. The number of nitrogens with zero attached hydrogens (tertiary/aromatic N) is 2. The largest absolute Gasteiger partial charge is 0.453 e. The van der Waals surface area contributed by atoms with Crippen LogP contribution in [0.25, 0.3) is 0 Å². The standard InChI is InChI=1S/C22H29N3O3/c1-24(2)15-10-16-25(20(26)17-23-22(27)28-3)21(18-11-6-4-7-12-18)19-13-8-5-9-14-19/h4-9,11-14,21H,10,15-17H2,1-3H3,(H,23,27). The van der Waals surface area contributed by atoms with Crippen LogP contribution in [0.3, 0.4) is 0 Å². The molecule has 2 rings (SSSR count). The molecule has 0 spiro atoms.